The van der Waals surface area contributed by atoms with E-state index in [-0.39, 0.29) is 0 Å². The van der Waals surface area contributed by atoms with Crippen LogP contribution in [0.25, 0.3) is 11.4 Å². The fourth-order valence-electron chi connectivity index (χ4n) is 1.40. The minimum atomic E-state index is 0.711. The number of hydrogen-bond acceptors (Lipinski definition) is 3. The fraction of sp³-hybridized carbons (Fsp3) is 0.300. The molecule has 6 heteroatoms. The molecule has 0 radical (unpaired) electrons. The van der Waals surface area contributed by atoms with Gasteiger partial charge in [-0.05, 0) is 35.0 Å². The van der Waals surface area contributed by atoms with Crippen molar-refractivity contribution in [3.05, 3.63) is 28.0 Å². The zero-order chi connectivity index (χ0) is 11.7. The predicted octanol–water partition coefficient (Wildman–Crippen LogP) is 2.84. The van der Waals surface area contributed by atoms with Gasteiger partial charge in [0.25, 0.3) is 0 Å². The Hall–Kier alpha value is -0.750. The lowest BCUT2D eigenvalue weighted by Gasteiger charge is -2.02. The standard InChI is InChI=1S/C10H10Br2N4/c1-6-7(12)3-4-8(13-6)10-9(5-11)16(2)15-14-10/h3-4H,5H2,1-2H3. The molecule has 0 saturated heterocycles. The molecule has 0 amide bonds. The minimum Gasteiger partial charge on any atom is -0.251 e. The second kappa shape index (κ2) is 4.63. The first-order valence-electron chi connectivity index (χ1n) is 4.71. The normalized spacial score (nSPS) is 10.8. The first kappa shape index (κ1) is 11.7. The number of nitrogens with zero attached hydrogens (tertiary/aromatic N) is 4. The van der Waals surface area contributed by atoms with Crippen LogP contribution in [0.5, 0.6) is 0 Å². The van der Waals surface area contributed by atoms with Crippen LogP contribution in [-0.4, -0.2) is 20.0 Å². The Kier molecular flexibility index (Phi) is 3.39. The summed E-state index contributed by atoms with van der Waals surface area (Å²) in [6.45, 7) is 1.96. The summed E-state index contributed by atoms with van der Waals surface area (Å²) in [6, 6.07) is 3.91. The summed E-state index contributed by atoms with van der Waals surface area (Å²) in [6.07, 6.45) is 0. The molecule has 84 valence electrons. The average molecular weight is 346 g/mol. The number of alkyl halides is 1. The molecule has 0 aliphatic heterocycles. The quantitative estimate of drug-likeness (QED) is 0.786. The summed E-state index contributed by atoms with van der Waals surface area (Å²) in [4.78, 5) is 4.48. The average Bonchev–Trinajstić information content (AvgIpc) is 2.63. The lowest BCUT2D eigenvalue weighted by molar-refractivity contribution is 0.694. The summed E-state index contributed by atoms with van der Waals surface area (Å²) in [5.41, 5.74) is 3.65. The lowest BCUT2D eigenvalue weighted by atomic mass is 10.2. The number of pyridine rings is 1. The van der Waals surface area contributed by atoms with Crippen molar-refractivity contribution in [2.24, 2.45) is 7.05 Å². The molecule has 0 unspecified atom stereocenters. The highest BCUT2D eigenvalue weighted by Gasteiger charge is 2.13. The monoisotopic (exact) mass is 344 g/mol. The van der Waals surface area contributed by atoms with Crippen LogP contribution in [0.4, 0.5) is 0 Å². The van der Waals surface area contributed by atoms with Crippen molar-refractivity contribution in [2.75, 3.05) is 0 Å². The smallest absolute Gasteiger partial charge is 0.135 e. The fourth-order valence-corrected chi connectivity index (χ4v) is 2.25. The Morgan fingerprint density at radius 3 is 2.75 bits per heavy atom. The zero-order valence-electron chi connectivity index (χ0n) is 8.91. The van der Waals surface area contributed by atoms with Crippen LogP contribution < -0.4 is 0 Å². The van der Waals surface area contributed by atoms with Gasteiger partial charge in [-0.3, -0.25) is 9.67 Å². The number of aryl methyl sites for hydroxylation is 2. The third-order valence-corrected chi connectivity index (χ3v) is 3.70. The van der Waals surface area contributed by atoms with Gasteiger partial charge in [0.05, 0.1) is 17.1 Å². The van der Waals surface area contributed by atoms with E-state index >= 15 is 0 Å². The highest BCUT2D eigenvalue weighted by molar-refractivity contribution is 9.10. The topological polar surface area (TPSA) is 43.6 Å². The molecule has 0 aromatic carbocycles. The third-order valence-electron chi connectivity index (χ3n) is 2.33. The van der Waals surface area contributed by atoms with E-state index in [1.54, 1.807) is 4.68 Å². The largest absolute Gasteiger partial charge is 0.251 e. The van der Waals surface area contributed by atoms with Crippen molar-refractivity contribution < 1.29 is 0 Å². The lowest BCUT2D eigenvalue weighted by Crippen LogP contribution is -1.97. The molecule has 2 heterocycles. The third kappa shape index (κ3) is 2.04. The molecular weight excluding hydrogens is 336 g/mol. The minimum absolute atomic E-state index is 0.711. The summed E-state index contributed by atoms with van der Waals surface area (Å²) in [7, 11) is 1.87. The van der Waals surface area contributed by atoms with E-state index in [4.69, 9.17) is 0 Å². The molecular formula is C10H10Br2N4. The zero-order valence-corrected chi connectivity index (χ0v) is 12.1. The van der Waals surface area contributed by atoms with Crippen molar-refractivity contribution in [2.45, 2.75) is 12.3 Å². The summed E-state index contributed by atoms with van der Waals surface area (Å²) >= 11 is 6.86. The van der Waals surface area contributed by atoms with Gasteiger partial charge >= 0.3 is 0 Å². The van der Waals surface area contributed by atoms with E-state index in [0.29, 0.717) is 5.33 Å². The molecule has 0 N–H and O–H groups in total. The summed E-state index contributed by atoms with van der Waals surface area (Å²) < 4.78 is 2.75. The van der Waals surface area contributed by atoms with Crippen LogP contribution in [0.3, 0.4) is 0 Å². The van der Waals surface area contributed by atoms with E-state index in [1.165, 1.54) is 0 Å². The van der Waals surface area contributed by atoms with Crippen LogP contribution in [0.1, 0.15) is 11.4 Å². The Morgan fingerprint density at radius 1 is 1.38 bits per heavy atom. The highest BCUT2D eigenvalue weighted by Crippen LogP contribution is 2.23. The maximum absolute atomic E-state index is 4.48. The van der Waals surface area contributed by atoms with E-state index in [1.807, 2.05) is 26.1 Å². The Bertz CT molecular complexity index is 522. The van der Waals surface area contributed by atoms with E-state index in [0.717, 1.165) is 27.2 Å². The summed E-state index contributed by atoms with van der Waals surface area (Å²) in [5, 5.41) is 8.84. The Morgan fingerprint density at radius 2 is 2.12 bits per heavy atom. The van der Waals surface area contributed by atoms with Gasteiger partial charge < -0.3 is 0 Å². The Balaban J connectivity index is 2.54. The first-order valence-corrected chi connectivity index (χ1v) is 6.63. The number of halogens is 2. The molecule has 0 fully saturated rings. The van der Waals surface area contributed by atoms with Crippen molar-refractivity contribution in [1.82, 2.24) is 20.0 Å². The molecule has 0 atom stereocenters. The SMILES string of the molecule is Cc1nc(-c2nnn(C)c2CBr)ccc1Br. The first-order chi connectivity index (χ1) is 7.63. The van der Waals surface area contributed by atoms with Crippen LogP contribution in [0.2, 0.25) is 0 Å². The van der Waals surface area contributed by atoms with Crippen LogP contribution >= 0.6 is 31.9 Å². The van der Waals surface area contributed by atoms with E-state index < -0.39 is 0 Å². The highest BCUT2D eigenvalue weighted by atomic mass is 79.9. The number of aromatic nitrogens is 4. The molecule has 0 aliphatic rings. The van der Waals surface area contributed by atoms with E-state index in [9.17, 15) is 0 Å². The van der Waals surface area contributed by atoms with Crippen molar-refractivity contribution >= 4 is 31.9 Å². The van der Waals surface area contributed by atoms with Gasteiger partial charge in [-0.25, -0.2) is 0 Å². The number of hydrogen-bond donors (Lipinski definition) is 0. The molecule has 2 rings (SSSR count). The molecule has 2 aromatic heterocycles. The van der Waals surface area contributed by atoms with Crippen molar-refractivity contribution in [3.63, 3.8) is 0 Å². The molecule has 0 aliphatic carbocycles. The molecule has 0 saturated carbocycles. The summed E-state index contributed by atoms with van der Waals surface area (Å²) in [5.74, 6) is 0. The molecule has 16 heavy (non-hydrogen) atoms. The van der Waals surface area contributed by atoms with Gasteiger partial charge in [0.15, 0.2) is 0 Å². The van der Waals surface area contributed by atoms with Crippen molar-refractivity contribution in [3.8, 4) is 11.4 Å². The van der Waals surface area contributed by atoms with Gasteiger partial charge in [0, 0.05) is 16.9 Å². The van der Waals surface area contributed by atoms with Gasteiger partial charge in [-0.15, -0.1) is 5.10 Å². The van der Waals surface area contributed by atoms with Crippen LogP contribution in [0, 0.1) is 6.92 Å². The predicted molar refractivity (Wildman–Crippen MR) is 69.3 cm³/mol. The maximum atomic E-state index is 4.48. The van der Waals surface area contributed by atoms with Crippen LogP contribution in [-0.2, 0) is 12.4 Å². The Labute approximate surface area is 110 Å². The molecule has 0 bridgehead atoms. The molecule has 4 nitrogen and oxygen atoms in total. The van der Waals surface area contributed by atoms with Gasteiger partial charge in [-0.2, -0.15) is 0 Å². The maximum Gasteiger partial charge on any atom is 0.135 e. The van der Waals surface area contributed by atoms with Crippen LogP contribution in [0.15, 0.2) is 16.6 Å². The second-order valence-electron chi connectivity index (χ2n) is 3.41. The molecule has 2 aromatic rings. The van der Waals surface area contributed by atoms with Crippen molar-refractivity contribution in [1.29, 1.82) is 0 Å². The van der Waals surface area contributed by atoms with Gasteiger partial charge in [-0.1, -0.05) is 21.1 Å². The second-order valence-corrected chi connectivity index (χ2v) is 4.82. The van der Waals surface area contributed by atoms with Gasteiger partial charge in [0.1, 0.15) is 5.69 Å². The molecule has 0 spiro atoms. The number of rotatable bonds is 2. The van der Waals surface area contributed by atoms with Gasteiger partial charge in [0.2, 0.25) is 0 Å². The van der Waals surface area contributed by atoms with E-state index in [2.05, 4.69) is 47.2 Å².